The lowest BCUT2D eigenvalue weighted by molar-refractivity contribution is -0.143. The molecule has 0 rings (SSSR count). The van der Waals surface area contributed by atoms with Gasteiger partial charge >= 0.3 is 5.97 Å². The third-order valence-electron chi connectivity index (χ3n) is 2.37. The fraction of sp³-hybridized carbons (Fsp3) is 0.769. The van der Waals surface area contributed by atoms with Crippen molar-refractivity contribution in [3.8, 4) is 0 Å². The second kappa shape index (κ2) is 8.51. The van der Waals surface area contributed by atoms with Crippen LogP contribution in [0.5, 0.6) is 0 Å². The first kappa shape index (κ1) is 14.2. The van der Waals surface area contributed by atoms with Crippen molar-refractivity contribution in [3.63, 3.8) is 0 Å². The molecule has 1 unspecified atom stereocenters. The first-order chi connectivity index (χ1) is 7.07. The molecule has 0 aromatic heterocycles. The Kier molecular flexibility index (Phi) is 8.06. The summed E-state index contributed by atoms with van der Waals surface area (Å²) in [6.45, 7) is 9.38. The van der Waals surface area contributed by atoms with Crippen molar-refractivity contribution in [1.29, 1.82) is 0 Å². The number of hydrogen-bond acceptors (Lipinski definition) is 2. The van der Waals surface area contributed by atoms with Gasteiger partial charge < -0.3 is 4.74 Å². The zero-order valence-electron chi connectivity index (χ0n) is 10.3. The van der Waals surface area contributed by atoms with Crippen molar-refractivity contribution in [3.05, 3.63) is 12.2 Å². The van der Waals surface area contributed by atoms with Gasteiger partial charge in [0.05, 0.1) is 6.10 Å². The van der Waals surface area contributed by atoms with Gasteiger partial charge in [-0.1, -0.05) is 39.2 Å². The van der Waals surface area contributed by atoms with Crippen molar-refractivity contribution < 1.29 is 9.53 Å². The van der Waals surface area contributed by atoms with Crippen molar-refractivity contribution in [2.75, 3.05) is 0 Å². The lowest BCUT2D eigenvalue weighted by atomic mass is 10.1. The van der Waals surface area contributed by atoms with Gasteiger partial charge in [0.15, 0.2) is 0 Å². The summed E-state index contributed by atoms with van der Waals surface area (Å²) < 4.78 is 5.18. The van der Waals surface area contributed by atoms with Crippen LogP contribution >= 0.6 is 0 Å². The summed E-state index contributed by atoms with van der Waals surface area (Å²) in [6.07, 6.45) is 7.23. The Morgan fingerprint density at radius 1 is 1.27 bits per heavy atom. The standard InChI is InChI=1S/C13H24O2/c1-5-6-7-8-9-10-12(4)15-13(14)11(2)3/h12H,2,5-10H2,1,3-4H3. The SMILES string of the molecule is C=C(C)C(=O)OC(C)CCCCCCC. The molecule has 0 aliphatic heterocycles. The number of unbranched alkanes of at least 4 members (excludes halogenated alkanes) is 4. The van der Waals surface area contributed by atoms with E-state index < -0.39 is 0 Å². The van der Waals surface area contributed by atoms with Gasteiger partial charge in [0.1, 0.15) is 0 Å². The fourth-order valence-electron chi connectivity index (χ4n) is 1.38. The van der Waals surface area contributed by atoms with Crippen molar-refractivity contribution >= 4 is 5.97 Å². The molecule has 0 spiro atoms. The molecule has 0 fully saturated rings. The zero-order valence-corrected chi connectivity index (χ0v) is 10.3. The zero-order chi connectivity index (χ0) is 11.7. The summed E-state index contributed by atoms with van der Waals surface area (Å²) in [5.74, 6) is -0.268. The maximum atomic E-state index is 11.2. The smallest absolute Gasteiger partial charge is 0.333 e. The minimum absolute atomic E-state index is 0.0239. The summed E-state index contributed by atoms with van der Waals surface area (Å²) in [4.78, 5) is 11.2. The van der Waals surface area contributed by atoms with Gasteiger partial charge in [-0.15, -0.1) is 0 Å². The maximum absolute atomic E-state index is 11.2. The van der Waals surface area contributed by atoms with Crippen LogP contribution in [0.4, 0.5) is 0 Å². The molecule has 0 heterocycles. The molecule has 0 aliphatic rings. The molecule has 0 N–H and O–H groups in total. The molecule has 0 amide bonds. The molecular weight excluding hydrogens is 188 g/mol. The molecule has 0 aliphatic carbocycles. The number of rotatable bonds is 8. The first-order valence-corrected chi connectivity index (χ1v) is 5.94. The molecule has 88 valence electrons. The number of carbonyl (C=O) groups excluding carboxylic acids is 1. The summed E-state index contributed by atoms with van der Waals surface area (Å²) in [7, 11) is 0. The maximum Gasteiger partial charge on any atom is 0.333 e. The van der Waals surface area contributed by atoms with Crippen molar-refractivity contribution in [2.24, 2.45) is 0 Å². The third kappa shape index (κ3) is 8.22. The summed E-state index contributed by atoms with van der Waals surface area (Å²) in [5, 5.41) is 0. The number of carbonyl (C=O) groups is 1. The normalized spacial score (nSPS) is 12.2. The van der Waals surface area contributed by atoms with Crippen LogP contribution in [0.3, 0.4) is 0 Å². The molecule has 2 heteroatoms. The third-order valence-corrected chi connectivity index (χ3v) is 2.37. The Bertz CT molecular complexity index is 197. The molecule has 0 saturated carbocycles. The van der Waals surface area contributed by atoms with Crippen LogP contribution in [0.2, 0.25) is 0 Å². The van der Waals surface area contributed by atoms with Gasteiger partial charge in [0.25, 0.3) is 0 Å². The molecule has 1 atom stereocenters. The highest BCUT2D eigenvalue weighted by molar-refractivity contribution is 5.87. The van der Waals surface area contributed by atoms with E-state index in [4.69, 9.17) is 4.74 Å². The number of esters is 1. The highest BCUT2D eigenvalue weighted by atomic mass is 16.5. The van der Waals surface area contributed by atoms with Gasteiger partial charge in [-0.2, -0.15) is 0 Å². The minimum atomic E-state index is -0.268. The van der Waals surface area contributed by atoms with E-state index in [1.165, 1.54) is 25.7 Å². The summed E-state index contributed by atoms with van der Waals surface area (Å²) in [6, 6.07) is 0. The van der Waals surface area contributed by atoms with Crippen LogP contribution in [0, 0.1) is 0 Å². The predicted molar refractivity (Wildman–Crippen MR) is 63.7 cm³/mol. The Morgan fingerprint density at radius 2 is 1.87 bits per heavy atom. The fourth-order valence-corrected chi connectivity index (χ4v) is 1.38. The molecular formula is C13H24O2. The van der Waals surface area contributed by atoms with Gasteiger partial charge in [0.2, 0.25) is 0 Å². The van der Waals surface area contributed by atoms with E-state index in [0.717, 1.165) is 12.8 Å². The van der Waals surface area contributed by atoms with E-state index >= 15 is 0 Å². The van der Waals surface area contributed by atoms with Crippen molar-refractivity contribution in [2.45, 2.75) is 65.4 Å². The Hall–Kier alpha value is -0.790. The van der Waals surface area contributed by atoms with Crippen LogP contribution in [0.1, 0.15) is 59.3 Å². The second-order valence-corrected chi connectivity index (χ2v) is 4.20. The van der Waals surface area contributed by atoms with E-state index in [-0.39, 0.29) is 12.1 Å². The van der Waals surface area contributed by atoms with Crippen LogP contribution in [0.25, 0.3) is 0 Å². The Balaban J connectivity index is 3.45. The van der Waals surface area contributed by atoms with Gasteiger partial charge in [-0.05, 0) is 26.7 Å². The molecule has 0 aromatic rings. The van der Waals surface area contributed by atoms with Gasteiger partial charge in [0, 0.05) is 5.57 Å². The van der Waals surface area contributed by atoms with Crippen LogP contribution < -0.4 is 0 Å². The average molecular weight is 212 g/mol. The van der Waals surface area contributed by atoms with E-state index in [2.05, 4.69) is 13.5 Å². The quantitative estimate of drug-likeness (QED) is 0.347. The first-order valence-electron chi connectivity index (χ1n) is 5.94. The largest absolute Gasteiger partial charge is 0.459 e. The highest BCUT2D eigenvalue weighted by Crippen LogP contribution is 2.10. The molecule has 0 saturated heterocycles. The van der Waals surface area contributed by atoms with E-state index in [1.54, 1.807) is 6.92 Å². The van der Waals surface area contributed by atoms with Gasteiger partial charge in [-0.3, -0.25) is 0 Å². The Morgan fingerprint density at radius 3 is 2.40 bits per heavy atom. The van der Waals surface area contributed by atoms with Crippen molar-refractivity contribution in [1.82, 2.24) is 0 Å². The molecule has 2 nitrogen and oxygen atoms in total. The van der Waals surface area contributed by atoms with E-state index in [1.807, 2.05) is 6.92 Å². The molecule has 0 aromatic carbocycles. The topological polar surface area (TPSA) is 26.3 Å². The Labute approximate surface area is 93.7 Å². The van der Waals surface area contributed by atoms with Crippen LogP contribution in [-0.4, -0.2) is 12.1 Å². The summed E-state index contributed by atoms with van der Waals surface area (Å²) in [5.41, 5.74) is 0.479. The number of ether oxygens (including phenoxy) is 1. The summed E-state index contributed by atoms with van der Waals surface area (Å²) >= 11 is 0. The molecule has 0 radical (unpaired) electrons. The average Bonchev–Trinajstić information content (AvgIpc) is 2.17. The molecule has 15 heavy (non-hydrogen) atoms. The van der Waals surface area contributed by atoms with Crippen LogP contribution in [0.15, 0.2) is 12.2 Å². The lowest BCUT2D eigenvalue weighted by Crippen LogP contribution is -2.15. The van der Waals surface area contributed by atoms with Crippen LogP contribution in [-0.2, 0) is 9.53 Å². The van der Waals surface area contributed by atoms with Gasteiger partial charge in [-0.25, -0.2) is 4.79 Å². The molecule has 0 bridgehead atoms. The highest BCUT2D eigenvalue weighted by Gasteiger charge is 2.09. The minimum Gasteiger partial charge on any atom is -0.459 e. The van der Waals surface area contributed by atoms with E-state index in [0.29, 0.717) is 5.57 Å². The predicted octanol–water partition coefficient (Wildman–Crippen LogP) is 3.85. The monoisotopic (exact) mass is 212 g/mol. The van der Waals surface area contributed by atoms with E-state index in [9.17, 15) is 4.79 Å². The number of hydrogen-bond donors (Lipinski definition) is 0. The lowest BCUT2D eigenvalue weighted by Gasteiger charge is -2.12. The second-order valence-electron chi connectivity index (χ2n) is 4.20.